The van der Waals surface area contributed by atoms with Crippen LogP contribution >= 0.6 is 11.6 Å². The molecule has 1 aromatic carbocycles. The molecule has 0 saturated carbocycles. The third-order valence-corrected chi connectivity index (χ3v) is 3.18. The number of alkyl halides is 1. The molecule has 1 nitrogen and oxygen atoms in total. The predicted molar refractivity (Wildman–Crippen MR) is 65.5 cm³/mol. The summed E-state index contributed by atoms with van der Waals surface area (Å²) >= 11 is 6.17. The number of phenols is 1. The van der Waals surface area contributed by atoms with Crippen molar-refractivity contribution in [2.75, 3.05) is 0 Å². The average molecular weight is 227 g/mol. The highest BCUT2D eigenvalue weighted by Crippen LogP contribution is 2.25. The molecule has 0 radical (unpaired) electrons. The van der Waals surface area contributed by atoms with Crippen molar-refractivity contribution in [3.8, 4) is 5.75 Å². The summed E-state index contributed by atoms with van der Waals surface area (Å²) in [5.41, 5.74) is 1.24. The Hall–Kier alpha value is -0.690. The van der Waals surface area contributed by atoms with Crippen molar-refractivity contribution < 1.29 is 5.11 Å². The summed E-state index contributed by atoms with van der Waals surface area (Å²) < 4.78 is 0. The van der Waals surface area contributed by atoms with Gasteiger partial charge in [-0.2, -0.15) is 0 Å². The van der Waals surface area contributed by atoms with Crippen LogP contribution in [-0.2, 0) is 6.42 Å². The van der Waals surface area contributed by atoms with Gasteiger partial charge in [0, 0.05) is 5.38 Å². The molecule has 0 fully saturated rings. The van der Waals surface area contributed by atoms with Crippen molar-refractivity contribution in [3.05, 3.63) is 29.8 Å². The molecule has 15 heavy (non-hydrogen) atoms. The molecule has 84 valence electrons. The van der Waals surface area contributed by atoms with E-state index in [4.69, 9.17) is 11.6 Å². The number of phenolic OH excluding ortho intramolecular Hbond substituents is 1. The van der Waals surface area contributed by atoms with E-state index in [1.165, 1.54) is 5.56 Å². The minimum absolute atomic E-state index is 0.179. The molecule has 2 unspecified atom stereocenters. The van der Waals surface area contributed by atoms with Crippen LogP contribution in [0.4, 0.5) is 0 Å². The molecule has 0 aliphatic carbocycles. The van der Waals surface area contributed by atoms with E-state index in [2.05, 4.69) is 13.8 Å². The first kappa shape index (κ1) is 12.4. The van der Waals surface area contributed by atoms with Crippen LogP contribution in [-0.4, -0.2) is 10.5 Å². The van der Waals surface area contributed by atoms with Crippen molar-refractivity contribution in [1.29, 1.82) is 0 Å². The second kappa shape index (κ2) is 5.41. The van der Waals surface area contributed by atoms with Gasteiger partial charge in [0.25, 0.3) is 0 Å². The lowest BCUT2D eigenvalue weighted by molar-refractivity contribution is 0.376. The van der Waals surface area contributed by atoms with Gasteiger partial charge in [-0.05, 0) is 42.9 Å². The predicted octanol–water partition coefficient (Wildman–Crippen LogP) is 3.83. The standard InChI is InChI=1S/C13H19ClO/c1-9(2)13(10(3)14)8-11-4-6-12(15)7-5-11/h4-7,9-10,13,15H,8H2,1-3H3. The van der Waals surface area contributed by atoms with Crippen molar-refractivity contribution in [2.45, 2.75) is 32.6 Å². The Balaban J connectivity index is 2.70. The smallest absolute Gasteiger partial charge is 0.115 e. The molecule has 2 heteroatoms. The van der Waals surface area contributed by atoms with Gasteiger partial charge in [0.2, 0.25) is 0 Å². The van der Waals surface area contributed by atoms with Gasteiger partial charge in [0.15, 0.2) is 0 Å². The fourth-order valence-corrected chi connectivity index (χ4v) is 2.21. The Morgan fingerprint density at radius 3 is 2.07 bits per heavy atom. The van der Waals surface area contributed by atoms with Crippen molar-refractivity contribution in [2.24, 2.45) is 11.8 Å². The van der Waals surface area contributed by atoms with Crippen LogP contribution in [0.2, 0.25) is 0 Å². The Morgan fingerprint density at radius 1 is 1.13 bits per heavy atom. The fourth-order valence-electron chi connectivity index (χ4n) is 1.83. The summed E-state index contributed by atoms with van der Waals surface area (Å²) in [4.78, 5) is 0. The first-order chi connectivity index (χ1) is 7.00. The Kier molecular flexibility index (Phi) is 4.46. The Morgan fingerprint density at radius 2 is 1.67 bits per heavy atom. The van der Waals surface area contributed by atoms with Crippen LogP contribution in [0.5, 0.6) is 5.75 Å². The van der Waals surface area contributed by atoms with Crippen molar-refractivity contribution in [3.63, 3.8) is 0 Å². The number of rotatable bonds is 4. The largest absolute Gasteiger partial charge is 0.508 e. The van der Waals surface area contributed by atoms with Crippen LogP contribution in [0.25, 0.3) is 0 Å². The summed E-state index contributed by atoms with van der Waals surface area (Å²) in [5, 5.41) is 9.36. The van der Waals surface area contributed by atoms with Crippen LogP contribution < -0.4 is 0 Å². The lowest BCUT2D eigenvalue weighted by Gasteiger charge is -2.23. The van der Waals surface area contributed by atoms with E-state index >= 15 is 0 Å². The van der Waals surface area contributed by atoms with Crippen LogP contribution in [0.3, 0.4) is 0 Å². The Bertz CT molecular complexity index is 282. The minimum atomic E-state index is 0.179. The zero-order valence-electron chi connectivity index (χ0n) is 9.57. The number of halogens is 1. The van der Waals surface area contributed by atoms with E-state index < -0.39 is 0 Å². The van der Waals surface area contributed by atoms with Gasteiger partial charge in [-0.15, -0.1) is 11.6 Å². The minimum Gasteiger partial charge on any atom is -0.508 e. The fraction of sp³-hybridized carbons (Fsp3) is 0.538. The summed E-state index contributed by atoms with van der Waals surface area (Å²) in [6.07, 6.45) is 0.975. The summed E-state index contributed by atoms with van der Waals surface area (Å²) in [6.45, 7) is 6.44. The normalized spacial score (nSPS) is 15.3. The topological polar surface area (TPSA) is 20.2 Å². The van der Waals surface area contributed by atoms with Crippen LogP contribution in [0.1, 0.15) is 26.3 Å². The first-order valence-corrected chi connectivity index (χ1v) is 5.86. The number of aromatic hydroxyl groups is 1. The molecular formula is C13H19ClO. The number of hydrogen-bond donors (Lipinski definition) is 1. The molecule has 1 aromatic rings. The van der Waals surface area contributed by atoms with Gasteiger partial charge < -0.3 is 5.11 Å². The summed E-state index contributed by atoms with van der Waals surface area (Å²) in [7, 11) is 0. The van der Waals surface area contributed by atoms with Crippen LogP contribution in [0.15, 0.2) is 24.3 Å². The van der Waals surface area contributed by atoms with E-state index in [1.807, 2.05) is 19.1 Å². The molecule has 1 rings (SSSR count). The van der Waals surface area contributed by atoms with E-state index in [0.29, 0.717) is 17.6 Å². The molecule has 0 spiro atoms. The monoisotopic (exact) mass is 226 g/mol. The SMILES string of the molecule is CC(C)C(Cc1ccc(O)cc1)C(C)Cl. The Labute approximate surface area is 97.1 Å². The maximum Gasteiger partial charge on any atom is 0.115 e. The highest BCUT2D eigenvalue weighted by molar-refractivity contribution is 6.20. The third kappa shape index (κ3) is 3.75. The van der Waals surface area contributed by atoms with E-state index in [9.17, 15) is 5.11 Å². The highest BCUT2D eigenvalue weighted by atomic mass is 35.5. The molecule has 0 heterocycles. The van der Waals surface area contributed by atoms with Gasteiger partial charge in [-0.3, -0.25) is 0 Å². The van der Waals surface area contributed by atoms with Gasteiger partial charge >= 0.3 is 0 Å². The molecule has 0 amide bonds. The molecule has 2 atom stereocenters. The van der Waals surface area contributed by atoms with Crippen molar-refractivity contribution >= 4 is 11.6 Å². The lowest BCUT2D eigenvalue weighted by atomic mass is 9.87. The molecule has 0 bridgehead atoms. The van der Waals surface area contributed by atoms with E-state index in [0.717, 1.165) is 6.42 Å². The molecular weight excluding hydrogens is 208 g/mol. The van der Waals surface area contributed by atoms with Crippen LogP contribution in [0, 0.1) is 11.8 Å². The van der Waals surface area contributed by atoms with Gasteiger partial charge in [-0.25, -0.2) is 0 Å². The first-order valence-electron chi connectivity index (χ1n) is 5.42. The number of hydrogen-bond acceptors (Lipinski definition) is 1. The zero-order chi connectivity index (χ0) is 11.4. The molecule has 0 aliphatic rings. The quantitative estimate of drug-likeness (QED) is 0.774. The second-order valence-corrected chi connectivity index (χ2v) is 5.14. The van der Waals surface area contributed by atoms with Gasteiger partial charge in [0.05, 0.1) is 0 Å². The average Bonchev–Trinajstić information content (AvgIpc) is 2.15. The summed E-state index contributed by atoms with van der Waals surface area (Å²) in [6, 6.07) is 7.38. The zero-order valence-corrected chi connectivity index (χ0v) is 10.3. The molecule has 0 aromatic heterocycles. The maximum absolute atomic E-state index is 9.18. The summed E-state index contributed by atoms with van der Waals surface area (Å²) in [5.74, 6) is 1.38. The lowest BCUT2D eigenvalue weighted by Crippen LogP contribution is -2.20. The highest BCUT2D eigenvalue weighted by Gasteiger charge is 2.19. The molecule has 0 saturated heterocycles. The third-order valence-electron chi connectivity index (χ3n) is 2.85. The molecule has 0 aliphatic heterocycles. The van der Waals surface area contributed by atoms with Crippen molar-refractivity contribution in [1.82, 2.24) is 0 Å². The van der Waals surface area contributed by atoms with E-state index in [-0.39, 0.29) is 5.38 Å². The maximum atomic E-state index is 9.18. The number of benzene rings is 1. The molecule has 1 N–H and O–H groups in total. The van der Waals surface area contributed by atoms with E-state index in [1.54, 1.807) is 12.1 Å². The van der Waals surface area contributed by atoms with Gasteiger partial charge in [0.1, 0.15) is 5.75 Å². The van der Waals surface area contributed by atoms with Gasteiger partial charge in [-0.1, -0.05) is 26.0 Å². The second-order valence-electron chi connectivity index (χ2n) is 4.46.